The summed E-state index contributed by atoms with van der Waals surface area (Å²) in [6.45, 7) is 7.79. The zero-order chi connectivity index (χ0) is 7.49. The second-order valence-electron chi connectivity index (χ2n) is 2.77. The third-order valence-electron chi connectivity index (χ3n) is 0.409. The molecule has 0 bridgehead atoms. The van der Waals surface area contributed by atoms with E-state index in [0.29, 0.717) is 5.05 Å². The van der Waals surface area contributed by atoms with Gasteiger partial charge in [0.15, 0.2) is 0 Å². The molecule has 0 aromatic rings. The van der Waals surface area contributed by atoms with Crippen LogP contribution in [0.4, 0.5) is 0 Å². The molecular formula is C5H12O2SSi. The molecular weight excluding hydrogens is 152 g/mol. The average molecular weight is 164 g/mol. The van der Waals surface area contributed by atoms with E-state index in [1.165, 1.54) is 0 Å². The maximum absolute atomic E-state index is 4.99. The van der Waals surface area contributed by atoms with Crippen LogP contribution in [0.2, 0.25) is 19.6 Å². The molecule has 0 atom stereocenters. The lowest BCUT2D eigenvalue weighted by atomic mass is 10.9. The highest BCUT2D eigenvalue weighted by atomic mass is 32.1. The standard InChI is InChI=1S/C5H12O2SSi/c1-5(8)6-7-9(2,3)4/h1-4H3. The molecule has 0 aromatic heterocycles. The molecule has 2 nitrogen and oxygen atoms in total. The summed E-state index contributed by atoms with van der Waals surface area (Å²) in [4.78, 5) is 4.70. The van der Waals surface area contributed by atoms with Gasteiger partial charge in [-0.05, 0) is 31.9 Å². The number of hydrogen-bond donors (Lipinski definition) is 0. The predicted molar refractivity (Wildman–Crippen MR) is 43.8 cm³/mol. The first-order chi connectivity index (χ1) is 3.92. The summed E-state index contributed by atoms with van der Waals surface area (Å²) in [5.41, 5.74) is 0. The highest BCUT2D eigenvalue weighted by Crippen LogP contribution is 2.02. The van der Waals surface area contributed by atoms with Crippen molar-refractivity contribution in [1.82, 2.24) is 0 Å². The molecule has 0 amide bonds. The van der Waals surface area contributed by atoms with Gasteiger partial charge < -0.3 is 4.89 Å². The average Bonchev–Trinajstić information content (AvgIpc) is 1.59. The minimum Gasteiger partial charge on any atom is -0.342 e. The minimum absolute atomic E-state index is 0.442. The van der Waals surface area contributed by atoms with E-state index in [0.717, 1.165) is 0 Å². The van der Waals surface area contributed by atoms with Gasteiger partial charge in [0.2, 0.25) is 13.4 Å². The monoisotopic (exact) mass is 164 g/mol. The van der Waals surface area contributed by atoms with E-state index in [9.17, 15) is 0 Å². The van der Waals surface area contributed by atoms with Crippen molar-refractivity contribution < 1.29 is 9.46 Å². The van der Waals surface area contributed by atoms with Gasteiger partial charge in [-0.1, -0.05) is 0 Å². The Bertz CT molecular complexity index is 108. The zero-order valence-corrected chi connectivity index (χ0v) is 8.04. The Balaban J connectivity index is 3.39. The van der Waals surface area contributed by atoms with Crippen LogP contribution in [-0.4, -0.2) is 13.4 Å². The number of rotatable bonds is 2. The lowest BCUT2D eigenvalue weighted by molar-refractivity contribution is -0.125. The third kappa shape index (κ3) is 8.07. The number of hydrogen-bond acceptors (Lipinski definition) is 3. The lowest BCUT2D eigenvalue weighted by Crippen LogP contribution is -2.26. The van der Waals surface area contributed by atoms with Crippen LogP contribution in [0.1, 0.15) is 6.92 Å². The zero-order valence-electron chi connectivity index (χ0n) is 6.22. The summed E-state index contributed by atoms with van der Waals surface area (Å²) in [5, 5.41) is 0.442. The maximum Gasteiger partial charge on any atom is 0.245 e. The van der Waals surface area contributed by atoms with Crippen molar-refractivity contribution in [2.75, 3.05) is 0 Å². The largest absolute Gasteiger partial charge is 0.342 e. The van der Waals surface area contributed by atoms with Crippen LogP contribution >= 0.6 is 12.2 Å². The maximum atomic E-state index is 4.99. The van der Waals surface area contributed by atoms with Crippen LogP contribution in [0, 0.1) is 0 Å². The van der Waals surface area contributed by atoms with E-state index in [4.69, 9.17) is 9.46 Å². The highest BCUT2D eigenvalue weighted by molar-refractivity contribution is 7.80. The topological polar surface area (TPSA) is 18.5 Å². The van der Waals surface area contributed by atoms with Crippen molar-refractivity contribution in [3.63, 3.8) is 0 Å². The van der Waals surface area contributed by atoms with E-state index in [1.807, 2.05) is 19.6 Å². The molecule has 0 heterocycles. The number of thiocarbonyl (C=S) groups is 1. The van der Waals surface area contributed by atoms with Gasteiger partial charge in [0.25, 0.3) is 0 Å². The van der Waals surface area contributed by atoms with Crippen molar-refractivity contribution in [1.29, 1.82) is 0 Å². The van der Waals surface area contributed by atoms with E-state index < -0.39 is 8.32 Å². The van der Waals surface area contributed by atoms with Gasteiger partial charge in [-0.25, -0.2) is 4.58 Å². The molecule has 0 spiro atoms. The molecule has 0 aliphatic carbocycles. The normalized spacial score (nSPS) is 11.1. The van der Waals surface area contributed by atoms with Crippen molar-refractivity contribution >= 4 is 25.6 Å². The Morgan fingerprint density at radius 1 is 1.33 bits per heavy atom. The van der Waals surface area contributed by atoms with Gasteiger partial charge in [0.1, 0.15) is 0 Å². The summed E-state index contributed by atoms with van der Waals surface area (Å²) < 4.78 is 4.99. The van der Waals surface area contributed by atoms with E-state index in [2.05, 4.69) is 12.2 Å². The molecule has 0 saturated carbocycles. The molecule has 0 saturated heterocycles. The molecule has 0 unspecified atom stereocenters. The Labute approximate surface area is 62.2 Å². The second kappa shape index (κ2) is 3.29. The van der Waals surface area contributed by atoms with Gasteiger partial charge in [-0.3, -0.25) is 0 Å². The molecule has 9 heavy (non-hydrogen) atoms. The fourth-order valence-corrected chi connectivity index (χ4v) is 0.653. The smallest absolute Gasteiger partial charge is 0.245 e. The van der Waals surface area contributed by atoms with Gasteiger partial charge >= 0.3 is 0 Å². The summed E-state index contributed by atoms with van der Waals surface area (Å²) in [7, 11) is -1.53. The molecule has 0 aliphatic rings. The Morgan fingerprint density at radius 2 is 1.78 bits per heavy atom. The fourth-order valence-electron chi connectivity index (χ4n) is 0.184. The molecule has 0 aromatic carbocycles. The molecule has 0 aliphatic heterocycles. The van der Waals surface area contributed by atoms with Crippen LogP contribution < -0.4 is 0 Å². The quantitative estimate of drug-likeness (QED) is 0.269. The summed E-state index contributed by atoms with van der Waals surface area (Å²) in [6, 6.07) is 0. The molecule has 4 heteroatoms. The van der Waals surface area contributed by atoms with Crippen LogP contribution in [0.15, 0.2) is 0 Å². The first-order valence-corrected chi connectivity index (χ1v) is 6.60. The van der Waals surface area contributed by atoms with Crippen molar-refractivity contribution in [3.8, 4) is 0 Å². The van der Waals surface area contributed by atoms with Gasteiger partial charge in [0.05, 0.1) is 0 Å². The highest BCUT2D eigenvalue weighted by Gasteiger charge is 2.16. The van der Waals surface area contributed by atoms with Gasteiger partial charge in [0, 0.05) is 6.92 Å². The third-order valence-corrected chi connectivity index (χ3v) is 1.06. The van der Waals surface area contributed by atoms with Crippen molar-refractivity contribution in [2.45, 2.75) is 26.6 Å². The van der Waals surface area contributed by atoms with E-state index >= 15 is 0 Å². The van der Waals surface area contributed by atoms with Gasteiger partial charge in [-0.2, -0.15) is 0 Å². The van der Waals surface area contributed by atoms with Crippen molar-refractivity contribution in [3.05, 3.63) is 0 Å². The predicted octanol–water partition coefficient (Wildman–Crippen LogP) is 2.12. The second-order valence-corrected chi connectivity index (χ2v) is 7.74. The lowest BCUT2D eigenvalue weighted by Gasteiger charge is -2.14. The van der Waals surface area contributed by atoms with E-state index in [1.54, 1.807) is 6.92 Å². The van der Waals surface area contributed by atoms with Gasteiger partial charge in [-0.15, -0.1) is 0 Å². The summed E-state index contributed by atoms with van der Waals surface area (Å²) in [5.74, 6) is 0. The van der Waals surface area contributed by atoms with E-state index in [-0.39, 0.29) is 0 Å². The van der Waals surface area contributed by atoms with Crippen LogP contribution in [0.25, 0.3) is 0 Å². The van der Waals surface area contributed by atoms with Crippen LogP contribution in [0.5, 0.6) is 0 Å². The SMILES string of the molecule is CC(=S)OO[Si](C)(C)C. The first-order valence-electron chi connectivity index (χ1n) is 2.78. The van der Waals surface area contributed by atoms with Crippen LogP contribution in [0.3, 0.4) is 0 Å². The fraction of sp³-hybridized carbons (Fsp3) is 0.800. The summed E-state index contributed by atoms with van der Waals surface area (Å²) >= 11 is 4.64. The Kier molecular flexibility index (Phi) is 3.31. The Hall–Kier alpha value is 0.0669. The van der Waals surface area contributed by atoms with Crippen molar-refractivity contribution in [2.24, 2.45) is 0 Å². The molecule has 0 fully saturated rings. The molecule has 0 rings (SSSR count). The minimum atomic E-state index is -1.53. The summed E-state index contributed by atoms with van der Waals surface area (Å²) in [6.07, 6.45) is 0. The molecule has 54 valence electrons. The molecule has 0 radical (unpaired) electrons. The first kappa shape index (κ1) is 9.07. The molecule has 0 N–H and O–H groups in total. The Morgan fingerprint density at radius 3 is 1.89 bits per heavy atom. The van der Waals surface area contributed by atoms with Crippen LogP contribution in [-0.2, 0) is 9.46 Å².